The molecule has 2 aliphatic rings. The summed E-state index contributed by atoms with van der Waals surface area (Å²) in [4.78, 5) is 0. The molecule has 0 amide bonds. The normalized spacial score (nSPS) is 45.0. The third-order valence-corrected chi connectivity index (χ3v) is 2.41. The van der Waals surface area contributed by atoms with Gasteiger partial charge in [0.05, 0.1) is 6.10 Å². The van der Waals surface area contributed by atoms with Gasteiger partial charge in [-0.1, -0.05) is 6.42 Å². The fraction of sp³-hybridized carbons (Fsp3) is 1.00. The maximum Gasteiger partial charge on any atom is 0.0604 e. The Morgan fingerprint density at radius 3 is 3.00 bits per heavy atom. The molecule has 1 aliphatic heterocycles. The van der Waals surface area contributed by atoms with Gasteiger partial charge in [0.25, 0.3) is 0 Å². The van der Waals surface area contributed by atoms with Gasteiger partial charge in [0, 0.05) is 6.61 Å². The van der Waals surface area contributed by atoms with Crippen molar-refractivity contribution in [1.82, 2.24) is 0 Å². The minimum Gasteiger partial charge on any atom is -0.378 e. The zero-order valence-electron chi connectivity index (χ0n) is 5.10. The van der Waals surface area contributed by atoms with Crippen molar-refractivity contribution in [3.8, 4) is 0 Å². The van der Waals surface area contributed by atoms with Gasteiger partial charge in [-0.25, -0.2) is 0 Å². The fourth-order valence-corrected chi connectivity index (χ4v) is 1.92. The topological polar surface area (TPSA) is 9.23 Å². The van der Waals surface area contributed by atoms with Crippen LogP contribution in [0.1, 0.15) is 25.7 Å². The molecule has 0 spiro atoms. The van der Waals surface area contributed by atoms with Gasteiger partial charge in [-0.05, 0) is 25.2 Å². The van der Waals surface area contributed by atoms with Gasteiger partial charge in [-0.3, -0.25) is 0 Å². The summed E-state index contributed by atoms with van der Waals surface area (Å²) in [6.45, 7) is 1.04. The summed E-state index contributed by atoms with van der Waals surface area (Å²) >= 11 is 0. The Bertz CT molecular complexity index is 70.4. The molecule has 1 heterocycles. The van der Waals surface area contributed by atoms with Gasteiger partial charge < -0.3 is 4.74 Å². The highest BCUT2D eigenvalue weighted by Crippen LogP contribution is 2.35. The molecule has 0 radical (unpaired) electrons. The second-order valence-electron chi connectivity index (χ2n) is 2.89. The third-order valence-electron chi connectivity index (χ3n) is 2.41. The van der Waals surface area contributed by atoms with E-state index in [-0.39, 0.29) is 0 Å². The van der Waals surface area contributed by atoms with Crippen LogP contribution in [0.15, 0.2) is 0 Å². The van der Waals surface area contributed by atoms with Gasteiger partial charge in [0.15, 0.2) is 0 Å². The van der Waals surface area contributed by atoms with Crippen LogP contribution in [0.4, 0.5) is 0 Å². The predicted molar refractivity (Wildman–Crippen MR) is 31.7 cm³/mol. The van der Waals surface area contributed by atoms with Gasteiger partial charge >= 0.3 is 0 Å². The molecule has 1 saturated carbocycles. The SMILES string of the molecule is C1CC2OCC[C@H]2C1. The molecular weight excluding hydrogens is 100 g/mol. The molecule has 1 nitrogen and oxygen atoms in total. The summed E-state index contributed by atoms with van der Waals surface area (Å²) in [7, 11) is 0. The van der Waals surface area contributed by atoms with Gasteiger partial charge in [0.1, 0.15) is 0 Å². The number of hydrogen-bond donors (Lipinski definition) is 0. The van der Waals surface area contributed by atoms with E-state index < -0.39 is 0 Å². The Hall–Kier alpha value is -0.0400. The highest BCUT2D eigenvalue weighted by molar-refractivity contribution is 4.81. The molecule has 1 unspecified atom stereocenters. The molecule has 0 aromatic carbocycles. The molecule has 0 aromatic rings. The van der Waals surface area contributed by atoms with E-state index in [1.165, 1.54) is 25.7 Å². The first-order chi connectivity index (χ1) is 3.97. The molecule has 0 N–H and O–H groups in total. The Morgan fingerprint density at radius 2 is 2.12 bits per heavy atom. The summed E-state index contributed by atoms with van der Waals surface area (Å²) in [5, 5.41) is 0. The van der Waals surface area contributed by atoms with Crippen LogP contribution in [0.5, 0.6) is 0 Å². The molecule has 46 valence electrons. The first-order valence-corrected chi connectivity index (χ1v) is 3.58. The van der Waals surface area contributed by atoms with Crippen molar-refractivity contribution in [2.75, 3.05) is 6.61 Å². The van der Waals surface area contributed by atoms with Crippen molar-refractivity contribution >= 4 is 0 Å². The van der Waals surface area contributed by atoms with E-state index in [1.54, 1.807) is 0 Å². The van der Waals surface area contributed by atoms with E-state index in [1.807, 2.05) is 0 Å². The summed E-state index contributed by atoms with van der Waals surface area (Å²) in [6.07, 6.45) is 6.20. The molecule has 2 rings (SSSR count). The van der Waals surface area contributed by atoms with Gasteiger partial charge in [-0.2, -0.15) is 0 Å². The lowest BCUT2D eigenvalue weighted by Crippen LogP contribution is -2.06. The number of rotatable bonds is 0. The molecule has 1 saturated heterocycles. The zero-order valence-corrected chi connectivity index (χ0v) is 5.10. The summed E-state index contributed by atoms with van der Waals surface area (Å²) in [5.41, 5.74) is 0. The van der Waals surface area contributed by atoms with Crippen LogP contribution in [0.2, 0.25) is 0 Å². The standard InChI is InChI=1S/C7H12O/c1-2-6-4-5-8-7(6)3-1/h6-7H,1-5H2/t6-,7?/m1/s1. The highest BCUT2D eigenvalue weighted by atomic mass is 16.5. The third kappa shape index (κ3) is 0.576. The molecule has 0 bridgehead atoms. The van der Waals surface area contributed by atoms with Crippen molar-refractivity contribution < 1.29 is 4.74 Å². The lowest BCUT2D eigenvalue weighted by atomic mass is 10.1. The van der Waals surface area contributed by atoms with E-state index in [0.717, 1.165) is 12.5 Å². The first kappa shape index (κ1) is 4.80. The summed E-state index contributed by atoms with van der Waals surface area (Å²) in [6, 6.07) is 0. The van der Waals surface area contributed by atoms with Crippen molar-refractivity contribution in [1.29, 1.82) is 0 Å². The van der Waals surface area contributed by atoms with Crippen molar-refractivity contribution in [2.24, 2.45) is 5.92 Å². The van der Waals surface area contributed by atoms with Crippen molar-refractivity contribution in [3.63, 3.8) is 0 Å². The second kappa shape index (κ2) is 1.73. The van der Waals surface area contributed by atoms with E-state index in [4.69, 9.17) is 4.74 Å². The molecule has 0 aromatic heterocycles. The van der Waals surface area contributed by atoms with Crippen LogP contribution in [0.3, 0.4) is 0 Å². The first-order valence-electron chi connectivity index (χ1n) is 3.58. The van der Waals surface area contributed by atoms with Crippen LogP contribution in [0, 0.1) is 5.92 Å². The van der Waals surface area contributed by atoms with Crippen molar-refractivity contribution in [3.05, 3.63) is 0 Å². The minimum absolute atomic E-state index is 0.676. The van der Waals surface area contributed by atoms with E-state index in [9.17, 15) is 0 Å². The number of fused-ring (bicyclic) bond motifs is 1. The Morgan fingerprint density at radius 1 is 1.12 bits per heavy atom. The van der Waals surface area contributed by atoms with E-state index in [2.05, 4.69) is 0 Å². The smallest absolute Gasteiger partial charge is 0.0604 e. The van der Waals surface area contributed by atoms with Crippen LogP contribution < -0.4 is 0 Å². The minimum atomic E-state index is 0.676. The Balaban J connectivity index is 2.04. The van der Waals surface area contributed by atoms with Crippen LogP contribution in [-0.2, 0) is 4.74 Å². The number of hydrogen-bond acceptors (Lipinski definition) is 1. The molecule has 1 heteroatoms. The van der Waals surface area contributed by atoms with Gasteiger partial charge in [-0.15, -0.1) is 0 Å². The lowest BCUT2D eigenvalue weighted by molar-refractivity contribution is 0.103. The monoisotopic (exact) mass is 112 g/mol. The van der Waals surface area contributed by atoms with E-state index >= 15 is 0 Å². The average molecular weight is 112 g/mol. The van der Waals surface area contributed by atoms with Crippen LogP contribution >= 0.6 is 0 Å². The molecule has 2 fully saturated rings. The summed E-state index contributed by atoms with van der Waals surface area (Å²) < 4.78 is 5.48. The van der Waals surface area contributed by atoms with Crippen molar-refractivity contribution in [2.45, 2.75) is 31.8 Å². The molecule has 8 heavy (non-hydrogen) atoms. The molecular formula is C7H12O. The lowest BCUT2D eigenvalue weighted by Gasteiger charge is -2.04. The largest absolute Gasteiger partial charge is 0.378 e. The van der Waals surface area contributed by atoms with Crippen LogP contribution in [-0.4, -0.2) is 12.7 Å². The Labute approximate surface area is 50.0 Å². The number of ether oxygens (including phenoxy) is 1. The quantitative estimate of drug-likeness (QED) is 0.462. The highest BCUT2D eigenvalue weighted by Gasteiger charge is 2.31. The fourth-order valence-electron chi connectivity index (χ4n) is 1.92. The second-order valence-corrected chi connectivity index (χ2v) is 2.89. The van der Waals surface area contributed by atoms with Crippen LogP contribution in [0.25, 0.3) is 0 Å². The zero-order chi connectivity index (χ0) is 5.40. The maximum absolute atomic E-state index is 5.48. The molecule has 2 atom stereocenters. The maximum atomic E-state index is 5.48. The predicted octanol–water partition coefficient (Wildman–Crippen LogP) is 1.58. The average Bonchev–Trinajstić information content (AvgIpc) is 2.15. The summed E-state index contributed by atoms with van der Waals surface area (Å²) in [5.74, 6) is 0.954. The molecule has 1 aliphatic carbocycles. The van der Waals surface area contributed by atoms with E-state index in [0.29, 0.717) is 6.10 Å². The van der Waals surface area contributed by atoms with Gasteiger partial charge in [0.2, 0.25) is 0 Å². The Kier molecular flexibility index (Phi) is 1.04.